The molecular weight excluding hydrogens is 370 g/mol. The molecule has 0 saturated carbocycles. The van der Waals surface area contributed by atoms with E-state index in [-0.39, 0.29) is 5.91 Å². The van der Waals surface area contributed by atoms with Crippen molar-refractivity contribution in [3.8, 4) is 22.6 Å². The van der Waals surface area contributed by atoms with Gasteiger partial charge in [0.15, 0.2) is 0 Å². The number of amides is 1. The molecule has 30 heavy (non-hydrogen) atoms. The Labute approximate surface area is 177 Å². The van der Waals surface area contributed by atoms with E-state index >= 15 is 0 Å². The number of nitrogens with zero attached hydrogens (tertiary/aromatic N) is 2. The van der Waals surface area contributed by atoms with Crippen LogP contribution >= 0.6 is 0 Å². The molecule has 150 valence electrons. The third-order valence-corrected chi connectivity index (χ3v) is 5.15. The molecular formula is C26H25N3O. The number of carbonyl (C=O) groups is 1. The lowest BCUT2D eigenvalue weighted by Crippen LogP contribution is -2.26. The molecule has 4 aromatic rings. The van der Waals surface area contributed by atoms with Gasteiger partial charge in [0, 0.05) is 24.2 Å². The molecule has 1 amide bonds. The average molecular weight is 396 g/mol. The zero-order chi connectivity index (χ0) is 20.9. The smallest absolute Gasteiger partial charge is 0.270 e. The number of aryl methyl sites for hydroxylation is 1. The fraction of sp³-hybridized carbons (Fsp3) is 0.154. The summed E-state index contributed by atoms with van der Waals surface area (Å²) in [6.07, 6.45) is 0. The Balaban J connectivity index is 1.78. The fourth-order valence-corrected chi connectivity index (χ4v) is 3.57. The minimum absolute atomic E-state index is 0.119. The van der Waals surface area contributed by atoms with Crippen LogP contribution in [0.5, 0.6) is 0 Å². The van der Waals surface area contributed by atoms with Crippen molar-refractivity contribution >= 4 is 5.91 Å². The van der Waals surface area contributed by atoms with Crippen molar-refractivity contribution in [2.75, 3.05) is 0 Å². The SMILES string of the molecule is CCn1c(-c2ccccc2)nc(-c2ccc(C)cc2)c1C(=O)NCc1ccccc1. The quantitative estimate of drug-likeness (QED) is 0.470. The first-order valence-corrected chi connectivity index (χ1v) is 10.2. The molecule has 0 fully saturated rings. The predicted molar refractivity (Wildman–Crippen MR) is 121 cm³/mol. The van der Waals surface area contributed by atoms with Crippen LogP contribution in [0.2, 0.25) is 0 Å². The number of carbonyl (C=O) groups excluding carboxylic acids is 1. The molecule has 0 aliphatic rings. The van der Waals surface area contributed by atoms with Gasteiger partial charge in [-0.05, 0) is 19.4 Å². The molecule has 3 aromatic carbocycles. The lowest BCUT2D eigenvalue weighted by atomic mass is 10.1. The van der Waals surface area contributed by atoms with Gasteiger partial charge in [0.05, 0.1) is 0 Å². The van der Waals surface area contributed by atoms with Gasteiger partial charge in [-0.25, -0.2) is 4.98 Å². The third kappa shape index (κ3) is 4.03. The molecule has 0 radical (unpaired) electrons. The zero-order valence-corrected chi connectivity index (χ0v) is 17.3. The molecule has 0 atom stereocenters. The predicted octanol–water partition coefficient (Wildman–Crippen LogP) is 5.48. The van der Waals surface area contributed by atoms with Crippen LogP contribution in [0.25, 0.3) is 22.6 Å². The Hall–Kier alpha value is -3.66. The van der Waals surface area contributed by atoms with Gasteiger partial charge in [-0.3, -0.25) is 4.79 Å². The Morgan fingerprint density at radius 3 is 2.13 bits per heavy atom. The second kappa shape index (κ2) is 8.78. The van der Waals surface area contributed by atoms with Gasteiger partial charge >= 0.3 is 0 Å². The highest BCUT2D eigenvalue weighted by Gasteiger charge is 2.24. The summed E-state index contributed by atoms with van der Waals surface area (Å²) in [7, 11) is 0. The highest BCUT2D eigenvalue weighted by Crippen LogP contribution is 2.30. The standard InChI is InChI=1S/C26H25N3O/c1-3-29-24(26(30)27-18-20-10-6-4-7-11-20)23(21-16-14-19(2)15-17-21)28-25(29)22-12-8-5-9-13-22/h4-17H,3,18H2,1-2H3,(H,27,30). The molecule has 0 unspecified atom stereocenters. The molecule has 1 N–H and O–H groups in total. The van der Waals surface area contributed by atoms with Gasteiger partial charge in [0.2, 0.25) is 0 Å². The molecule has 4 nitrogen and oxygen atoms in total. The summed E-state index contributed by atoms with van der Waals surface area (Å²) < 4.78 is 2.00. The Kier molecular flexibility index (Phi) is 5.75. The van der Waals surface area contributed by atoms with Crippen molar-refractivity contribution in [3.05, 3.63) is 102 Å². The Morgan fingerprint density at radius 2 is 1.50 bits per heavy atom. The van der Waals surface area contributed by atoms with E-state index in [4.69, 9.17) is 4.98 Å². The topological polar surface area (TPSA) is 46.9 Å². The van der Waals surface area contributed by atoms with Crippen molar-refractivity contribution < 1.29 is 4.79 Å². The number of benzene rings is 3. The summed E-state index contributed by atoms with van der Waals surface area (Å²) in [5, 5.41) is 3.08. The number of hydrogen-bond acceptors (Lipinski definition) is 2. The van der Waals surface area contributed by atoms with Gasteiger partial charge in [-0.1, -0.05) is 90.5 Å². The van der Waals surface area contributed by atoms with Crippen LogP contribution in [0, 0.1) is 6.92 Å². The number of nitrogens with one attached hydrogen (secondary N) is 1. The lowest BCUT2D eigenvalue weighted by molar-refractivity contribution is 0.0942. The maximum absolute atomic E-state index is 13.3. The van der Waals surface area contributed by atoms with E-state index < -0.39 is 0 Å². The van der Waals surface area contributed by atoms with Crippen LogP contribution in [0.4, 0.5) is 0 Å². The van der Waals surface area contributed by atoms with E-state index in [1.807, 2.05) is 96.4 Å². The second-order valence-corrected chi connectivity index (χ2v) is 7.28. The normalized spacial score (nSPS) is 10.7. The highest BCUT2D eigenvalue weighted by atomic mass is 16.2. The van der Waals surface area contributed by atoms with Gasteiger partial charge in [0.25, 0.3) is 5.91 Å². The maximum Gasteiger partial charge on any atom is 0.270 e. The fourth-order valence-electron chi connectivity index (χ4n) is 3.57. The minimum Gasteiger partial charge on any atom is -0.347 e. The van der Waals surface area contributed by atoms with E-state index in [1.54, 1.807) is 0 Å². The number of hydrogen-bond donors (Lipinski definition) is 1. The molecule has 0 aliphatic heterocycles. The van der Waals surface area contributed by atoms with Gasteiger partial charge < -0.3 is 9.88 Å². The first-order valence-electron chi connectivity index (χ1n) is 10.2. The molecule has 1 heterocycles. The summed E-state index contributed by atoms with van der Waals surface area (Å²) in [6, 6.07) is 28.1. The third-order valence-electron chi connectivity index (χ3n) is 5.15. The molecule has 0 aliphatic carbocycles. The second-order valence-electron chi connectivity index (χ2n) is 7.28. The lowest BCUT2D eigenvalue weighted by Gasteiger charge is -2.11. The van der Waals surface area contributed by atoms with E-state index in [2.05, 4.69) is 12.2 Å². The van der Waals surface area contributed by atoms with Crippen LogP contribution in [0.3, 0.4) is 0 Å². The average Bonchev–Trinajstić information content (AvgIpc) is 3.19. The maximum atomic E-state index is 13.3. The monoisotopic (exact) mass is 395 g/mol. The minimum atomic E-state index is -0.119. The van der Waals surface area contributed by atoms with E-state index in [1.165, 1.54) is 5.56 Å². The molecule has 0 spiro atoms. The molecule has 4 rings (SSSR count). The zero-order valence-electron chi connectivity index (χ0n) is 17.3. The molecule has 1 aromatic heterocycles. The number of rotatable bonds is 6. The van der Waals surface area contributed by atoms with Gasteiger partial charge in [0.1, 0.15) is 17.2 Å². The van der Waals surface area contributed by atoms with E-state index in [9.17, 15) is 4.79 Å². The molecule has 0 bridgehead atoms. The van der Waals surface area contributed by atoms with Crippen molar-refractivity contribution in [2.45, 2.75) is 26.9 Å². The number of aromatic nitrogens is 2. The Bertz CT molecular complexity index is 1130. The Morgan fingerprint density at radius 1 is 0.867 bits per heavy atom. The van der Waals surface area contributed by atoms with Gasteiger partial charge in [-0.15, -0.1) is 0 Å². The summed E-state index contributed by atoms with van der Waals surface area (Å²) >= 11 is 0. The molecule has 0 saturated heterocycles. The first-order chi connectivity index (χ1) is 14.7. The van der Waals surface area contributed by atoms with Crippen LogP contribution in [-0.4, -0.2) is 15.5 Å². The van der Waals surface area contributed by atoms with Crippen molar-refractivity contribution in [3.63, 3.8) is 0 Å². The summed E-state index contributed by atoms with van der Waals surface area (Å²) in [5.41, 5.74) is 5.47. The van der Waals surface area contributed by atoms with Crippen LogP contribution in [0.1, 0.15) is 28.5 Å². The van der Waals surface area contributed by atoms with Gasteiger partial charge in [-0.2, -0.15) is 0 Å². The van der Waals surface area contributed by atoms with Crippen molar-refractivity contribution in [1.82, 2.24) is 14.9 Å². The van der Waals surface area contributed by atoms with Crippen LogP contribution < -0.4 is 5.32 Å². The van der Waals surface area contributed by atoms with Crippen molar-refractivity contribution in [2.24, 2.45) is 0 Å². The van der Waals surface area contributed by atoms with E-state index in [0.717, 1.165) is 22.5 Å². The summed E-state index contributed by atoms with van der Waals surface area (Å²) in [4.78, 5) is 18.3. The van der Waals surface area contributed by atoms with Crippen LogP contribution in [-0.2, 0) is 13.1 Å². The van der Waals surface area contributed by atoms with E-state index in [0.29, 0.717) is 24.5 Å². The largest absolute Gasteiger partial charge is 0.347 e. The highest BCUT2D eigenvalue weighted by molar-refractivity contribution is 5.99. The summed E-state index contributed by atoms with van der Waals surface area (Å²) in [6.45, 7) is 5.22. The number of imidazole rings is 1. The van der Waals surface area contributed by atoms with Crippen molar-refractivity contribution in [1.29, 1.82) is 0 Å². The molecule has 4 heteroatoms. The van der Waals surface area contributed by atoms with Crippen LogP contribution in [0.15, 0.2) is 84.9 Å². The first kappa shape index (κ1) is 19.6. The summed E-state index contributed by atoms with van der Waals surface area (Å²) in [5.74, 6) is 0.685.